The zero-order valence-electron chi connectivity index (χ0n) is 10.2. The summed E-state index contributed by atoms with van der Waals surface area (Å²) in [6, 6.07) is 4.19. The minimum atomic E-state index is 0.376. The van der Waals surface area contributed by atoms with Gasteiger partial charge in [0.2, 0.25) is 0 Å². The fraction of sp³-hybridized carbons (Fsp3) is 0.462. The Hall–Kier alpha value is -1.10. The van der Waals surface area contributed by atoms with Gasteiger partial charge in [0.05, 0.1) is 10.7 Å². The lowest BCUT2D eigenvalue weighted by molar-refractivity contribution is 0.204. The quantitative estimate of drug-likeness (QED) is 0.901. The summed E-state index contributed by atoms with van der Waals surface area (Å²) in [5, 5.41) is 0.732. The van der Waals surface area contributed by atoms with E-state index in [4.69, 9.17) is 17.3 Å². The molecule has 1 aliphatic rings. The summed E-state index contributed by atoms with van der Waals surface area (Å²) in [6.45, 7) is 3.03. The molecule has 3 rings (SSSR count). The van der Waals surface area contributed by atoms with Crippen molar-refractivity contribution in [2.75, 3.05) is 13.1 Å². The molecule has 2 N–H and O–H groups in total. The number of nitrogens with zero attached hydrogens (tertiary/aromatic N) is 3. The highest BCUT2D eigenvalue weighted by Gasteiger charge is 2.16. The molecule has 2 aromatic heterocycles. The van der Waals surface area contributed by atoms with Crippen LogP contribution in [0.3, 0.4) is 0 Å². The van der Waals surface area contributed by atoms with Crippen LogP contribution in [-0.2, 0) is 6.54 Å². The first-order chi connectivity index (χ1) is 8.70. The van der Waals surface area contributed by atoms with E-state index in [1.807, 2.05) is 22.7 Å². The molecule has 5 heteroatoms. The summed E-state index contributed by atoms with van der Waals surface area (Å²) in [5.41, 5.74) is 7.95. The normalized spacial score (nSPS) is 18.6. The molecule has 1 saturated heterocycles. The lowest BCUT2D eigenvalue weighted by Crippen LogP contribution is -2.39. The van der Waals surface area contributed by atoms with Gasteiger partial charge in [-0.05, 0) is 25.0 Å². The Bertz CT molecular complexity index is 543. The van der Waals surface area contributed by atoms with E-state index in [1.54, 1.807) is 0 Å². The third-order valence-electron chi connectivity index (χ3n) is 3.48. The van der Waals surface area contributed by atoms with Crippen molar-refractivity contribution in [1.29, 1.82) is 0 Å². The first-order valence-corrected chi connectivity index (χ1v) is 6.69. The Morgan fingerprint density at radius 3 is 2.83 bits per heavy atom. The predicted octanol–water partition coefficient (Wildman–Crippen LogP) is 1.91. The van der Waals surface area contributed by atoms with Crippen molar-refractivity contribution in [3.8, 4) is 0 Å². The summed E-state index contributed by atoms with van der Waals surface area (Å²) in [6.07, 6.45) is 6.10. The number of imidazole rings is 1. The molecule has 3 heterocycles. The molecule has 0 radical (unpaired) electrons. The third-order valence-corrected chi connectivity index (χ3v) is 3.71. The second-order valence-electron chi connectivity index (χ2n) is 4.96. The van der Waals surface area contributed by atoms with Crippen LogP contribution in [0.4, 0.5) is 0 Å². The first-order valence-electron chi connectivity index (χ1n) is 6.32. The van der Waals surface area contributed by atoms with Crippen molar-refractivity contribution in [2.45, 2.75) is 25.4 Å². The summed E-state index contributed by atoms with van der Waals surface area (Å²) < 4.78 is 1.98. The number of nitrogens with two attached hydrogens (primary N) is 1. The number of pyridine rings is 1. The molecule has 0 amide bonds. The molecule has 96 valence electrons. The van der Waals surface area contributed by atoms with Crippen LogP contribution >= 0.6 is 11.6 Å². The van der Waals surface area contributed by atoms with Crippen LogP contribution < -0.4 is 5.73 Å². The Balaban J connectivity index is 1.74. The summed E-state index contributed by atoms with van der Waals surface area (Å²) >= 11 is 5.96. The molecule has 2 aromatic rings. The Kier molecular flexibility index (Phi) is 3.24. The predicted molar refractivity (Wildman–Crippen MR) is 72.7 cm³/mol. The minimum absolute atomic E-state index is 0.376. The van der Waals surface area contributed by atoms with Crippen molar-refractivity contribution in [3.63, 3.8) is 0 Å². The van der Waals surface area contributed by atoms with Gasteiger partial charge in [-0.1, -0.05) is 11.6 Å². The minimum Gasteiger partial charge on any atom is -0.328 e. The maximum absolute atomic E-state index is 5.96. The number of likely N-dealkylation sites (tertiary alicyclic amines) is 1. The highest BCUT2D eigenvalue weighted by molar-refractivity contribution is 6.30. The number of hydrogen-bond donors (Lipinski definition) is 1. The first kappa shape index (κ1) is 12.0. The zero-order valence-corrected chi connectivity index (χ0v) is 11.0. The van der Waals surface area contributed by atoms with Gasteiger partial charge in [-0.25, -0.2) is 4.98 Å². The van der Waals surface area contributed by atoms with Gasteiger partial charge in [-0.15, -0.1) is 0 Å². The SMILES string of the molecule is NC1CCN(Cc2cn3cc(Cl)ccc3n2)CC1. The summed E-state index contributed by atoms with van der Waals surface area (Å²) in [5.74, 6) is 0. The van der Waals surface area contributed by atoms with E-state index in [9.17, 15) is 0 Å². The third kappa shape index (κ3) is 2.51. The monoisotopic (exact) mass is 264 g/mol. The molecule has 0 saturated carbocycles. The van der Waals surface area contributed by atoms with E-state index in [0.717, 1.165) is 48.8 Å². The average molecular weight is 265 g/mol. The van der Waals surface area contributed by atoms with Crippen LogP contribution in [0.25, 0.3) is 5.65 Å². The summed E-state index contributed by atoms with van der Waals surface area (Å²) in [4.78, 5) is 7.01. The zero-order chi connectivity index (χ0) is 12.5. The van der Waals surface area contributed by atoms with E-state index in [2.05, 4.69) is 16.1 Å². The van der Waals surface area contributed by atoms with Gasteiger partial charge in [0.15, 0.2) is 0 Å². The van der Waals surface area contributed by atoms with Crippen LogP contribution in [0.2, 0.25) is 5.02 Å². The molecule has 0 atom stereocenters. The molecular weight excluding hydrogens is 248 g/mol. The molecule has 18 heavy (non-hydrogen) atoms. The summed E-state index contributed by atoms with van der Waals surface area (Å²) in [7, 11) is 0. The van der Waals surface area contributed by atoms with E-state index < -0.39 is 0 Å². The largest absolute Gasteiger partial charge is 0.328 e. The highest BCUT2D eigenvalue weighted by atomic mass is 35.5. The van der Waals surface area contributed by atoms with E-state index in [0.29, 0.717) is 6.04 Å². The molecule has 0 aliphatic carbocycles. The maximum Gasteiger partial charge on any atom is 0.137 e. The second kappa shape index (κ2) is 4.88. The van der Waals surface area contributed by atoms with Crippen LogP contribution in [0.5, 0.6) is 0 Å². The maximum atomic E-state index is 5.96. The van der Waals surface area contributed by atoms with Crippen LogP contribution in [0.15, 0.2) is 24.5 Å². The lowest BCUT2D eigenvalue weighted by Gasteiger charge is -2.29. The Morgan fingerprint density at radius 2 is 2.06 bits per heavy atom. The fourth-order valence-corrected chi connectivity index (χ4v) is 2.60. The van der Waals surface area contributed by atoms with Gasteiger partial charge in [0, 0.05) is 38.1 Å². The van der Waals surface area contributed by atoms with Gasteiger partial charge in [0.1, 0.15) is 5.65 Å². The van der Waals surface area contributed by atoms with Crippen molar-refractivity contribution < 1.29 is 0 Å². The van der Waals surface area contributed by atoms with Crippen LogP contribution in [0, 0.1) is 0 Å². The molecule has 0 spiro atoms. The molecule has 1 fully saturated rings. The van der Waals surface area contributed by atoms with Crippen molar-refractivity contribution >= 4 is 17.2 Å². The van der Waals surface area contributed by atoms with Gasteiger partial charge in [0.25, 0.3) is 0 Å². The standard InChI is InChI=1S/C13H17ClN4/c14-10-1-2-13-16-12(9-18(13)7-10)8-17-5-3-11(15)4-6-17/h1-2,7,9,11H,3-6,8,15H2. The number of piperidine rings is 1. The number of fused-ring (bicyclic) bond motifs is 1. The number of rotatable bonds is 2. The van der Waals surface area contributed by atoms with Gasteiger partial charge in [-0.2, -0.15) is 0 Å². The molecule has 4 nitrogen and oxygen atoms in total. The van der Waals surface area contributed by atoms with Crippen molar-refractivity contribution in [1.82, 2.24) is 14.3 Å². The van der Waals surface area contributed by atoms with E-state index in [1.165, 1.54) is 0 Å². The molecular formula is C13H17ClN4. The van der Waals surface area contributed by atoms with E-state index >= 15 is 0 Å². The smallest absolute Gasteiger partial charge is 0.137 e. The van der Waals surface area contributed by atoms with Crippen LogP contribution in [-0.4, -0.2) is 33.4 Å². The fourth-order valence-electron chi connectivity index (χ4n) is 2.43. The molecule has 1 aliphatic heterocycles. The van der Waals surface area contributed by atoms with E-state index in [-0.39, 0.29) is 0 Å². The van der Waals surface area contributed by atoms with Gasteiger partial charge < -0.3 is 10.1 Å². The Labute approximate surface area is 111 Å². The lowest BCUT2D eigenvalue weighted by atomic mass is 10.1. The second-order valence-corrected chi connectivity index (χ2v) is 5.40. The van der Waals surface area contributed by atoms with Crippen LogP contribution in [0.1, 0.15) is 18.5 Å². The molecule has 0 aromatic carbocycles. The number of halogens is 1. The number of aromatic nitrogens is 2. The average Bonchev–Trinajstić information content (AvgIpc) is 2.73. The van der Waals surface area contributed by atoms with Crippen molar-refractivity contribution in [3.05, 3.63) is 35.2 Å². The highest BCUT2D eigenvalue weighted by Crippen LogP contribution is 2.15. The van der Waals surface area contributed by atoms with Gasteiger partial charge >= 0.3 is 0 Å². The topological polar surface area (TPSA) is 46.6 Å². The Morgan fingerprint density at radius 1 is 1.28 bits per heavy atom. The number of hydrogen-bond acceptors (Lipinski definition) is 3. The van der Waals surface area contributed by atoms with Crippen molar-refractivity contribution in [2.24, 2.45) is 5.73 Å². The van der Waals surface area contributed by atoms with Gasteiger partial charge in [-0.3, -0.25) is 4.90 Å². The molecule has 0 bridgehead atoms. The molecule has 0 unspecified atom stereocenters.